The van der Waals surface area contributed by atoms with E-state index in [9.17, 15) is 36.3 Å². The van der Waals surface area contributed by atoms with Crippen molar-refractivity contribution < 1.29 is 54.9 Å². The highest BCUT2D eigenvalue weighted by Gasteiger charge is 2.35. The Labute approximate surface area is 295 Å². The minimum Gasteiger partial charge on any atom is -0.448 e. The third kappa shape index (κ3) is 12.4. The van der Waals surface area contributed by atoms with Gasteiger partial charge in [0.1, 0.15) is 42.2 Å². The number of amides is 3. The smallest absolute Gasteiger partial charge is 0.408 e. The molecular formula is C35H39F6N5O6. The number of hydrogen-bond donors (Lipinski definition) is 4. The number of carbonyl (C=O) groups is 3. The van der Waals surface area contributed by atoms with E-state index in [0.29, 0.717) is 11.1 Å². The summed E-state index contributed by atoms with van der Waals surface area (Å²) in [5, 5.41) is 9.92. The van der Waals surface area contributed by atoms with Gasteiger partial charge in [0.05, 0.1) is 36.8 Å². The number of alkyl carbamates (subject to hydrolysis) is 2. The lowest BCUT2D eigenvalue weighted by Crippen LogP contribution is -2.49. The number of anilines is 1. The van der Waals surface area contributed by atoms with E-state index in [4.69, 9.17) is 14.2 Å². The predicted molar refractivity (Wildman–Crippen MR) is 176 cm³/mol. The first-order chi connectivity index (χ1) is 24.5. The van der Waals surface area contributed by atoms with Crippen LogP contribution in [0.2, 0.25) is 0 Å². The summed E-state index contributed by atoms with van der Waals surface area (Å²) in [6.45, 7) is 3.40. The number of ether oxygens (including phenoxy) is 3. The highest BCUT2D eigenvalue weighted by atomic mass is 19.4. The van der Waals surface area contributed by atoms with Crippen molar-refractivity contribution in [3.63, 3.8) is 0 Å². The number of benzene rings is 2. The van der Waals surface area contributed by atoms with Crippen molar-refractivity contribution in [2.24, 2.45) is 0 Å². The number of pyridine rings is 1. The van der Waals surface area contributed by atoms with Crippen molar-refractivity contribution in [2.45, 2.75) is 69.5 Å². The van der Waals surface area contributed by atoms with E-state index in [2.05, 4.69) is 20.9 Å². The highest BCUT2D eigenvalue weighted by Crippen LogP contribution is 2.31. The first-order valence-electron chi connectivity index (χ1n) is 16.2. The van der Waals surface area contributed by atoms with Gasteiger partial charge in [0.2, 0.25) is 5.91 Å². The van der Waals surface area contributed by atoms with Crippen LogP contribution in [0.25, 0.3) is 0 Å². The normalized spacial score (nSPS) is 16.9. The van der Waals surface area contributed by atoms with Crippen molar-refractivity contribution in [1.82, 2.24) is 20.9 Å². The molecule has 1 aliphatic rings. The molecule has 1 saturated heterocycles. The van der Waals surface area contributed by atoms with Crippen LogP contribution in [0.5, 0.6) is 0 Å². The third-order valence-corrected chi connectivity index (χ3v) is 7.74. The maximum atomic E-state index is 15.2. The molecule has 2 aromatic carbocycles. The van der Waals surface area contributed by atoms with Crippen molar-refractivity contribution in [3.8, 4) is 0 Å². The molecule has 0 saturated carbocycles. The number of nitrogens with one attached hydrogen (secondary N) is 4. The Kier molecular flexibility index (Phi) is 13.5. The number of carbonyl (C=O) groups excluding carboxylic acids is 3. The van der Waals surface area contributed by atoms with Gasteiger partial charge in [-0.15, -0.1) is 0 Å². The lowest BCUT2D eigenvalue weighted by Gasteiger charge is -2.30. The number of nitrogens with zero attached hydrogens (tertiary/aromatic N) is 1. The van der Waals surface area contributed by atoms with E-state index in [0.717, 1.165) is 6.20 Å². The molecule has 1 aliphatic heterocycles. The molecule has 52 heavy (non-hydrogen) atoms. The summed E-state index contributed by atoms with van der Waals surface area (Å²) in [6.07, 6.45) is -4.69. The molecule has 4 rings (SSSR count). The lowest BCUT2D eigenvalue weighted by atomic mass is 9.84. The second-order valence-corrected chi connectivity index (χ2v) is 13.0. The van der Waals surface area contributed by atoms with Crippen molar-refractivity contribution in [1.29, 1.82) is 0 Å². The zero-order valence-electron chi connectivity index (χ0n) is 28.5. The van der Waals surface area contributed by atoms with Crippen LogP contribution in [-0.2, 0) is 25.4 Å². The van der Waals surface area contributed by atoms with E-state index in [1.165, 1.54) is 54.7 Å². The Morgan fingerprint density at radius 1 is 0.942 bits per heavy atom. The van der Waals surface area contributed by atoms with Crippen LogP contribution < -0.4 is 21.3 Å². The van der Waals surface area contributed by atoms with Crippen LogP contribution in [0.15, 0.2) is 60.9 Å². The molecule has 1 aromatic heterocycles. The zero-order chi connectivity index (χ0) is 38.1. The van der Waals surface area contributed by atoms with Crippen LogP contribution >= 0.6 is 0 Å². The standard InChI is InChI=1S/C35H39F6N5O6/c1-34(2,3)52-33(49)46-30(29(20-4-8-22(36)9-5-20)21-6-10-23(37)11-7-21)31(47)45-28-16-42-15-27(38)26(28)13-12-25-14-43-24(17-50-25)18-51-32(48)44-19-35(39,40)41/h4-11,15-16,24-25,29-30,43H,12-14,17-19H2,1-3H3,(H,44,48)(H,45,47)(H,46,49)/t24-,25+,30?/m0/s1. The molecule has 1 unspecified atom stereocenters. The Balaban J connectivity index is 1.49. The van der Waals surface area contributed by atoms with Gasteiger partial charge in [0.15, 0.2) is 0 Å². The SMILES string of the molecule is CC(C)(C)OC(=O)NC(C(=O)Nc1cncc(F)c1CC[C@@H]1CN[C@H](COC(=O)NCC(F)(F)F)CO1)C(c1ccc(F)cc1)c1ccc(F)cc1. The van der Waals surface area contributed by atoms with Gasteiger partial charge in [-0.3, -0.25) is 9.78 Å². The molecule has 1 fully saturated rings. The molecule has 3 amide bonds. The molecule has 11 nitrogen and oxygen atoms in total. The Morgan fingerprint density at radius 3 is 2.10 bits per heavy atom. The van der Waals surface area contributed by atoms with Crippen LogP contribution in [0, 0.1) is 17.5 Å². The number of alkyl halides is 3. The molecule has 3 aromatic rings. The van der Waals surface area contributed by atoms with Gasteiger partial charge in [-0.1, -0.05) is 24.3 Å². The van der Waals surface area contributed by atoms with Crippen LogP contribution in [0.3, 0.4) is 0 Å². The van der Waals surface area contributed by atoms with E-state index in [-0.39, 0.29) is 43.9 Å². The Morgan fingerprint density at radius 2 is 1.56 bits per heavy atom. The largest absolute Gasteiger partial charge is 0.448 e. The molecule has 0 spiro atoms. The maximum Gasteiger partial charge on any atom is 0.408 e. The molecule has 0 aliphatic carbocycles. The monoisotopic (exact) mass is 739 g/mol. The Hall–Kier alpha value is -4.90. The molecule has 0 radical (unpaired) electrons. The quantitative estimate of drug-likeness (QED) is 0.173. The summed E-state index contributed by atoms with van der Waals surface area (Å²) < 4.78 is 96.0. The van der Waals surface area contributed by atoms with Crippen molar-refractivity contribution >= 4 is 23.8 Å². The average Bonchev–Trinajstić information content (AvgIpc) is 3.07. The number of rotatable bonds is 12. The van der Waals surface area contributed by atoms with E-state index in [1.54, 1.807) is 26.1 Å². The van der Waals surface area contributed by atoms with E-state index < -0.39 is 78.0 Å². The molecule has 0 bridgehead atoms. The van der Waals surface area contributed by atoms with Gasteiger partial charge < -0.3 is 35.5 Å². The minimum atomic E-state index is -4.58. The second kappa shape index (κ2) is 17.5. The summed E-state index contributed by atoms with van der Waals surface area (Å²) in [5.41, 5.74) is -0.0723. The summed E-state index contributed by atoms with van der Waals surface area (Å²) in [4.78, 5) is 42.6. The van der Waals surface area contributed by atoms with Crippen LogP contribution in [0.1, 0.15) is 49.8 Å². The zero-order valence-corrected chi connectivity index (χ0v) is 28.5. The molecular weight excluding hydrogens is 700 g/mol. The summed E-state index contributed by atoms with van der Waals surface area (Å²) >= 11 is 0. The molecule has 17 heteroatoms. The minimum absolute atomic E-state index is 0.00198. The molecule has 3 atom stereocenters. The summed E-state index contributed by atoms with van der Waals surface area (Å²) in [7, 11) is 0. The molecule has 2 heterocycles. The van der Waals surface area contributed by atoms with Gasteiger partial charge in [0.25, 0.3) is 0 Å². The summed E-state index contributed by atoms with van der Waals surface area (Å²) in [5.74, 6) is -3.63. The van der Waals surface area contributed by atoms with Crippen LogP contribution in [-0.4, -0.2) is 79.3 Å². The van der Waals surface area contributed by atoms with E-state index >= 15 is 4.39 Å². The fourth-order valence-corrected chi connectivity index (χ4v) is 5.35. The average molecular weight is 740 g/mol. The number of morpholine rings is 1. The van der Waals surface area contributed by atoms with Crippen LogP contribution in [0.4, 0.5) is 41.6 Å². The van der Waals surface area contributed by atoms with Crippen molar-refractivity contribution in [2.75, 3.05) is 31.6 Å². The first kappa shape index (κ1) is 39.9. The topological polar surface area (TPSA) is 140 Å². The third-order valence-electron chi connectivity index (χ3n) is 7.74. The number of halogens is 6. The van der Waals surface area contributed by atoms with Gasteiger partial charge in [-0.2, -0.15) is 13.2 Å². The molecule has 282 valence electrons. The first-order valence-corrected chi connectivity index (χ1v) is 16.2. The Bertz CT molecular complexity index is 1620. The second-order valence-electron chi connectivity index (χ2n) is 13.0. The maximum absolute atomic E-state index is 15.2. The lowest BCUT2D eigenvalue weighted by molar-refractivity contribution is -0.124. The number of aromatic nitrogens is 1. The fourth-order valence-electron chi connectivity index (χ4n) is 5.35. The van der Waals surface area contributed by atoms with Gasteiger partial charge in [-0.25, -0.2) is 22.8 Å². The number of hydrogen-bond acceptors (Lipinski definition) is 8. The predicted octanol–water partition coefficient (Wildman–Crippen LogP) is 5.74. The summed E-state index contributed by atoms with van der Waals surface area (Å²) in [6, 6.07) is 8.46. The fraction of sp³-hybridized carbons (Fsp3) is 0.429. The van der Waals surface area contributed by atoms with Gasteiger partial charge in [-0.05, 0) is 69.0 Å². The van der Waals surface area contributed by atoms with E-state index in [1.807, 2.05) is 0 Å². The van der Waals surface area contributed by atoms with Gasteiger partial charge >= 0.3 is 18.4 Å². The highest BCUT2D eigenvalue weighted by molar-refractivity contribution is 5.98. The molecule has 4 N–H and O–H groups in total. The van der Waals surface area contributed by atoms with Crippen molar-refractivity contribution in [3.05, 3.63) is 95.1 Å². The van der Waals surface area contributed by atoms with Gasteiger partial charge in [0, 0.05) is 18.0 Å².